The fourth-order valence-corrected chi connectivity index (χ4v) is 2.38. The molecule has 0 radical (unpaired) electrons. The summed E-state index contributed by atoms with van der Waals surface area (Å²) in [5.41, 5.74) is -0.581. The minimum absolute atomic E-state index is 0.135. The molecule has 2 N–H and O–H groups in total. The Balaban J connectivity index is 2.51. The second-order valence-electron chi connectivity index (χ2n) is 6.76. The number of hydrogen-bond donors (Lipinski definition) is 2. The van der Waals surface area contributed by atoms with Crippen molar-refractivity contribution in [2.24, 2.45) is 4.99 Å². The highest BCUT2D eigenvalue weighted by Gasteiger charge is 2.34. The van der Waals surface area contributed by atoms with E-state index in [9.17, 15) is 18.0 Å². The van der Waals surface area contributed by atoms with Gasteiger partial charge in [-0.05, 0) is 34.1 Å². The van der Waals surface area contributed by atoms with Crippen LogP contribution in [-0.2, 0) is 9.53 Å². The van der Waals surface area contributed by atoms with E-state index in [1.54, 1.807) is 20.8 Å². The first-order chi connectivity index (χ1) is 11.0. The largest absolute Gasteiger partial charge is 0.459 e. The smallest absolute Gasteiger partial charge is 0.401 e. The first-order valence-electron chi connectivity index (χ1n) is 8.04. The highest BCUT2D eigenvalue weighted by Crippen LogP contribution is 2.19. The molecular weight excluding hydrogens is 325 g/mol. The van der Waals surface area contributed by atoms with Crippen molar-refractivity contribution in [2.75, 3.05) is 32.7 Å². The molecule has 1 aliphatic rings. The number of nitrogens with zero attached hydrogens (tertiary/aromatic N) is 2. The van der Waals surface area contributed by atoms with Gasteiger partial charge in [-0.25, -0.2) is 4.99 Å². The lowest BCUT2D eigenvalue weighted by molar-refractivity contribution is -0.152. The van der Waals surface area contributed by atoms with Crippen molar-refractivity contribution in [1.82, 2.24) is 15.5 Å². The molecule has 6 nitrogen and oxygen atoms in total. The van der Waals surface area contributed by atoms with Crippen LogP contribution in [0.3, 0.4) is 0 Å². The van der Waals surface area contributed by atoms with Crippen molar-refractivity contribution < 1.29 is 22.7 Å². The van der Waals surface area contributed by atoms with E-state index in [0.717, 1.165) is 0 Å². The van der Waals surface area contributed by atoms with Crippen LogP contribution in [0.15, 0.2) is 4.99 Å². The molecule has 1 aliphatic heterocycles. The molecule has 0 aliphatic carbocycles. The summed E-state index contributed by atoms with van der Waals surface area (Å²) in [4.78, 5) is 17.2. The third-order valence-corrected chi connectivity index (χ3v) is 3.15. The molecule has 1 fully saturated rings. The molecule has 1 unspecified atom stereocenters. The van der Waals surface area contributed by atoms with Crippen LogP contribution in [0.2, 0.25) is 0 Å². The van der Waals surface area contributed by atoms with Gasteiger partial charge in [0.15, 0.2) is 5.96 Å². The van der Waals surface area contributed by atoms with Gasteiger partial charge in [-0.1, -0.05) is 0 Å². The molecule has 1 heterocycles. The van der Waals surface area contributed by atoms with E-state index in [2.05, 4.69) is 15.6 Å². The van der Waals surface area contributed by atoms with Gasteiger partial charge in [-0.15, -0.1) is 0 Å². The number of esters is 1. The minimum Gasteiger partial charge on any atom is -0.459 e. The summed E-state index contributed by atoms with van der Waals surface area (Å²) in [6, 6.07) is -0.135. The first kappa shape index (κ1) is 20.5. The Kier molecular flexibility index (Phi) is 7.31. The number of nitrogens with one attached hydrogen (secondary N) is 2. The predicted octanol–water partition coefficient (Wildman–Crippen LogP) is 1.52. The molecule has 0 aromatic carbocycles. The SMILES string of the molecule is CCNC(=NCC(=O)OC(C)(C)C)NC1CCN(CC(F)(F)F)C1. The quantitative estimate of drug-likeness (QED) is 0.446. The highest BCUT2D eigenvalue weighted by molar-refractivity contribution is 5.83. The van der Waals surface area contributed by atoms with E-state index < -0.39 is 24.3 Å². The average Bonchev–Trinajstić information content (AvgIpc) is 2.79. The van der Waals surface area contributed by atoms with Gasteiger partial charge < -0.3 is 15.4 Å². The fourth-order valence-electron chi connectivity index (χ4n) is 2.38. The maximum absolute atomic E-state index is 12.4. The van der Waals surface area contributed by atoms with E-state index in [0.29, 0.717) is 25.5 Å². The van der Waals surface area contributed by atoms with Crippen LogP contribution in [0.1, 0.15) is 34.1 Å². The van der Waals surface area contributed by atoms with Gasteiger partial charge in [-0.2, -0.15) is 13.2 Å². The van der Waals surface area contributed by atoms with E-state index in [-0.39, 0.29) is 19.1 Å². The molecule has 0 amide bonds. The maximum atomic E-state index is 12.4. The number of carbonyl (C=O) groups is 1. The summed E-state index contributed by atoms with van der Waals surface area (Å²) >= 11 is 0. The topological polar surface area (TPSA) is 66.0 Å². The van der Waals surface area contributed by atoms with E-state index in [1.165, 1.54) is 4.90 Å². The molecular formula is C15H27F3N4O2. The van der Waals surface area contributed by atoms with Crippen molar-refractivity contribution >= 4 is 11.9 Å². The number of likely N-dealkylation sites (tertiary alicyclic amines) is 1. The van der Waals surface area contributed by atoms with E-state index in [4.69, 9.17) is 4.74 Å². The molecule has 0 bridgehead atoms. The van der Waals surface area contributed by atoms with Crippen LogP contribution in [-0.4, -0.2) is 67.4 Å². The monoisotopic (exact) mass is 352 g/mol. The van der Waals surface area contributed by atoms with Crippen LogP contribution in [0.4, 0.5) is 13.2 Å². The molecule has 0 aromatic heterocycles. The number of ether oxygens (including phenoxy) is 1. The molecule has 1 atom stereocenters. The van der Waals surface area contributed by atoms with Gasteiger partial charge in [0.25, 0.3) is 0 Å². The number of halogens is 3. The molecule has 0 aromatic rings. The fraction of sp³-hybridized carbons (Fsp3) is 0.867. The average molecular weight is 352 g/mol. The minimum atomic E-state index is -4.19. The summed E-state index contributed by atoms with van der Waals surface area (Å²) in [7, 11) is 0. The molecule has 24 heavy (non-hydrogen) atoms. The van der Waals surface area contributed by atoms with Gasteiger partial charge in [0.05, 0.1) is 6.54 Å². The Bertz CT molecular complexity index is 447. The van der Waals surface area contributed by atoms with Crippen LogP contribution < -0.4 is 10.6 Å². The van der Waals surface area contributed by atoms with Gasteiger partial charge in [0.1, 0.15) is 12.1 Å². The third kappa shape index (κ3) is 8.95. The lowest BCUT2D eigenvalue weighted by Crippen LogP contribution is -2.45. The first-order valence-corrected chi connectivity index (χ1v) is 8.04. The van der Waals surface area contributed by atoms with Gasteiger partial charge in [-0.3, -0.25) is 9.69 Å². The van der Waals surface area contributed by atoms with Crippen molar-refractivity contribution in [3.8, 4) is 0 Å². The van der Waals surface area contributed by atoms with Crippen LogP contribution in [0, 0.1) is 0 Å². The van der Waals surface area contributed by atoms with E-state index in [1.807, 2.05) is 6.92 Å². The third-order valence-electron chi connectivity index (χ3n) is 3.15. The Morgan fingerprint density at radius 1 is 1.33 bits per heavy atom. The summed E-state index contributed by atoms with van der Waals surface area (Å²) in [6.07, 6.45) is -3.60. The second kappa shape index (κ2) is 8.55. The lowest BCUT2D eigenvalue weighted by Gasteiger charge is -2.20. The zero-order valence-electron chi connectivity index (χ0n) is 14.7. The number of alkyl halides is 3. The van der Waals surface area contributed by atoms with Crippen molar-refractivity contribution in [1.29, 1.82) is 0 Å². The normalized spacial score (nSPS) is 20.1. The van der Waals surface area contributed by atoms with Crippen LogP contribution >= 0.6 is 0 Å². The number of guanidine groups is 1. The van der Waals surface area contributed by atoms with Crippen molar-refractivity contribution in [3.05, 3.63) is 0 Å². The molecule has 140 valence electrons. The lowest BCUT2D eigenvalue weighted by atomic mass is 10.2. The molecule has 9 heteroatoms. The van der Waals surface area contributed by atoms with Crippen LogP contribution in [0.25, 0.3) is 0 Å². The predicted molar refractivity (Wildman–Crippen MR) is 85.9 cm³/mol. The Morgan fingerprint density at radius 2 is 2.00 bits per heavy atom. The molecule has 1 rings (SSSR count). The summed E-state index contributed by atoms with van der Waals surface area (Å²) in [5, 5.41) is 6.05. The van der Waals surface area contributed by atoms with Crippen LogP contribution in [0.5, 0.6) is 0 Å². The number of carbonyl (C=O) groups excluding carboxylic acids is 1. The molecule has 0 spiro atoms. The maximum Gasteiger partial charge on any atom is 0.401 e. The summed E-state index contributed by atoms with van der Waals surface area (Å²) in [6.45, 7) is 7.37. The summed E-state index contributed by atoms with van der Waals surface area (Å²) in [5.74, 6) is -0.0490. The molecule has 1 saturated heterocycles. The Hall–Kier alpha value is -1.51. The molecule has 0 saturated carbocycles. The van der Waals surface area contributed by atoms with E-state index >= 15 is 0 Å². The number of hydrogen-bond acceptors (Lipinski definition) is 4. The highest BCUT2D eigenvalue weighted by atomic mass is 19.4. The van der Waals surface area contributed by atoms with Gasteiger partial charge in [0, 0.05) is 25.7 Å². The number of rotatable bonds is 5. The Morgan fingerprint density at radius 3 is 2.54 bits per heavy atom. The number of aliphatic imine (C=N–C) groups is 1. The standard InChI is InChI=1S/C15H27F3N4O2/c1-5-19-13(20-8-12(23)24-14(2,3)4)21-11-6-7-22(9-11)10-15(16,17)18/h11H,5-10H2,1-4H3,(H2,19,20,21). The Labute approximate surface area is 140 Å². The second-order valence-corrected chi connectivity index (χ2v) is 6.76. The van der Waals surface area contributed by atoms with Crippen molar-refractivity contribution in [2.45, 2.75) is 51.9 Å². The zero-order valence-corrected chi connectivity index (χ0v) is 14.7. The van der Waals surface area contributed by atoms with Gasteiger partial charge >= 0.3 is 12.1 Å². The zero-order chi connectivity index (χ0) is 18.4. The summed E-state index contributed by atoms with van der Waals surface area (Å²) < 4.78 is 42.4. The van der Waals surface area contributed by atoms with Crippen molar-refractivity contribution in [3.63, 3.8) is 0 Å². The van der Waals surface area contributed by atoms with Gasteiger partial charge in [0.2, 0.25) is 0 Å².